The van der Waals surface area contributed by atoms with E-state index >= 15 is 0 Å². The molecule has 0 fully saturated rings. The zero-order valence-corrected chi connectivity index (χ0v) is 19.8. The molecule has 5 rings (SSSR count). The number of hydrogen-bond donors (Lipinski definition) is 2. The second kappa shape index (κ2) is 8.55. The zero-order chi connectivity index (χ0) is 24.7. The van der Waals surface area contributed by atoms with Crippen LogP contribution in [-0.2, 0) is 16.3 Å². The lowest BCUT2D eigenvalue weighted by atomic mass is 10.0. The second-order valence-corrected chi connectivity index (χ2v) is 10.1. The van der Waals surface area contributed by atoms with Crippen molar-refractivity contribution in [1.82, 2.24) is 9.97 Å². The SMILES string of the molecule is COc1cc(S(C)(=O)=O)ccc1-c1cccc2cnc(Nc3ccc(C(N)=O)c4c3OCC4)nc12. The van der Waals surface area contributed by atoms with Gasteiger partial charge in [0.25, 0.3) is 0 Å². The molecule has 35 heavy (non-hydrogen) atoms. The van der Waals surface area contributed by atoms with Crippen molar-refractivity contribution >= 4 is 38.3 Å². The minimum absolute atomic E-state index is 0.170. The summed E-state index contributed by atoms with van der Waals surface area (Å²) >= 11 is 0. The molecule has 9 nitrogen and oxygen atoms in total. The quantitative estimate of drug-likeness (QED) is 0.420. The maximum atomic E-state index is 12.0. The molecular formula is C25H22N4O5S. The van der Waals surface area contributed by atoms with Crippen LogP contribution in [0, 0.1) is 0 Å². The molecule has 0 spiro atoms. The molecule has 4 aromatic rings. The molecule has 0 saturated heterocycles. The first-order valence-corrected chi connectivity index (χ1v) is 12.6. The van der Waals surface area contributed by atoms with Crippen molar-refractivity contribution in [3.63, 3.8) is 0 Å². The number of fused-ring (bicyclic) bond motifs is 2. The van der Waals surface area contributed by atoms with Crippen molar-refractivity contribution in [2.24, 2.45) is 5.73 Å². The predicted molar refractivity (Wildman–Crippen MR) is 132 cm³/mol. The van der Waals surface area contributed by atoms with Gasteiger partial charge in [-0.15, -0.1) is 0 Å². The summed E-state index contributed by atoms with van der Waals surface area (Å²) in [4.78, 5) is 21.1. The molecule has 10 heteroatoms. The average Bonchev–Trinajstić information content (AvgIpc) is 3.33. The predicted octanol–water partition coefficient (Wildman–Crippen LogP) is 3.49. The summed E-state index contributed by atoms with van der Waals surface area (Å²) in [5, 5.41) is 3.99. The third-order valence-electron chi connectivity index (χ3n) is 5.87. The molecule has 0 bridgehead atoms. The highest BCUT2D eigenvalue weighted by atomic mass is 32.2. The highest BCUT2D eigenvalue weighted by Crippen LogP contribution is 2.39. The van der Waals surface area contributed by atoms with Crippen molar-refractivity contribution in [1.29, 1.82) is 0 Å². The number of carbonyl (C=O) groups is 1. The minimum Gasteiger partial charge on any atom is -0.496 e. The van der Waals surface area contributed by atoms with Crippen LogP contribution in [-0.4, -0.2) is 44.3 Å². The van der Waals surface area contributed by atoms with Gasteiger partial charge in [0.05, 0.1) is 29.8 Å². The Hall–Kier alpha value is -4.18. The van der Waals surface area contributed by atoms with Crippen LogP contribution in [0.2, 0.25) is 0 Å². The molecular weight excluding hydrogens is 468 g/mol. The first-order valence-electron chi connectivity index (χ1n) is 10.8. The molecule has 2 heterocycles. The molecule has 1 aromatic heterocycles. The van der Waals surface area contributed by atoms with Gasteiger partial charge < -0.3 is 20.5 Å². The number of para-hydroxylation sites is 1. The van der Waals surface area contributed by atoms with Gasteiger partial charge in [0.15, 0.2) is 9.84 Å². The highest BCUT2D eigenvalue weighted by Gasteiger charge is 2.23. The Balaban J connectivity index is 1.59. The molecule has 1 amide bonds. The molecule has 0 atom stereocenters. The summed E-state index contributed by atoms with van der Waals surface area (Å²) in [5.74, 6) is 0.819. The number of nitrogens with two attached hydrogens (primary N) is 1. The van der Waals surface area contributed by atoms with E-state index in [0.29, 0.717) is 52.8 Å². The first-order chi connectivity index (χ1) is 16.8. The van der Waals surface area contributed by atoms with E-state index in [-0.39, 0.29) is 4.90 Å². The number of rotatable bonds is 6. The van der Waals surface area contributed by atoms with Crippen molar-refractivity contribution in [3.8, 4) is 22.6 Å². The van der Waals surface area contributed by atoms with Crippen molar-refractivity contribution in [2.45, 2.75) is 11.3 Å². The third-order valence-corrected chi connectivity index (χ3v) is 6.98. The number of carbonyl (C=O) groups excluding carboxylic acids is 1. The minimum atomic E-state index is -3.39. The summed E-state index contributed by atoms with van der Waals surface area (Å²) in [6, 6.07) is 13.8. The summed E-state index contributed by atoms with van der Waals surface area (Å²) in [5.41, 5.74) is 9.45. The van der Waals surface area contributed by atoms with Crippen LogP contribution in [0.1, 0.15) is 15.9 Å². The van der Waals surface area contributed by atoms with Gasteiger partial charge in [0.2, 0.25) is 11.9 Å². The number of methoxy groups -OCH3 is 1. The van der Waals surface area contributed by atoms with Crippen LogP contribution >= 0.6 is 0 Å². The van der Waals surface area contributed by atoms with Gasteiger partial charge in [-0.1, -0.05) is 18.2 Å². The van der Waals surface area contributed by atoms with Crippen LogP contribution in [0.5, 0.6) is 11.5 Å². The molecule has 1 aliphatic rings. The number of nitrogens with one attached hydrogen (secondary N) is 1. The van der Waals surface area contributed by atoms with Crippen molar-refractivity contribution < 1.29 is 22.7 Å². The Kier molecular flexibility index (Phi) is 5.52. The average molecular weight is 491 g/mol. The third kappa shape index (κ3) is 4.12. The number of hydrogen-bond acceptors (Lipinski definition) is 8. The molecule has 3 N–H and O–H groups in total. The van der Waals surface area contributed by atoms with Gasteiger partial charge in [-0.05, 0) is 30.3 Å². The van der Waals surface area contributed by atoms with E-state index in [9.17, 15) is 13.2 Å². The smallest absolute Gasteiger partial charge is 0.249 e. The number of sulfone groups is 1. The molecule has 1 aliphatic heterocycles. The Labute approximate surface area is 201 Å². The highest BCUT2D eigenvalue weighted by molar-refractivity contribution is 7.90. The number of benzene rings is 3. The Bertz CT molecular complexity index is 1600. The molecule has 0 saturated carbocycles. The lowest BCUT2D eigenvalue weighted by Gasteiger charge is -2.14. The summed E-state index contributed by atoms with van der Waals surface area (Å²) in [7, 11) is -1.89. The fraction of sp³-hybridized carbons (Fsp3) is 0.160. The van der Waals surface area contributed by atoms with Gasteiger partial charge in [-0.3, -0.25) is 4.79 Å². The summed E-state index contributed by atoms with van der Waals surface area (Å²) in [6.07, 6.45) is 3.44. The van der Waals surface area contributed by atoms with Gasteiger partial charge in [0.1, 0.15) is 11.5 Å². The summed E-state index contributed by atoms with van der Waals surface area (Å²) in [6.45, 7) is 0.459. The van der Waals surface area contributed by atoms with Crippen LogP contribution in [0.15, 0.2) is 59.6 Å². The number of anilines is 2. The first kappa shape index (κ1) is 22.6. The number of aromatic nitrogens is 2. The standard InChI is InChI=1S/C25H22N4O5S/c1-33-21-12-15(35(2,31)32)6-7-16(21)17-5-3-4-14-13-27-25(29-22(14)17)28-20-9-8-19(24(26)30)18-10-11-34-23(18)20/h3-9,12-13H,10-11H2,1-2H3,(H2,26,30)(H,27,28,29). The van der Waals surface area contributed by atoms with Gasteiger partial charge in [0, 0.05) is 46.5 Å². The van der Waals surface area contributed by atoms with Gasteiger partial charge in [-0.25, -0.2) is 18.4 Å². The topological polar surface area (TPSA) is 134 Å². The maximum absolute atomic E-state index is 12.0. The van der Waals surface area contributed by atoms with Crippen molar-refractivity contribution in [3.05, 3.63) is 65.9 Å². The van der Waals surface area contributed by atoms with E-state index < -0.39 is 15.7 Å². The number of ether oxygens (including phenoxy) is 2. The largest absolute Gasteiger partial charge is 0.496 e. The van der Waals surface area contributed by atoms with E-state index in [0.717, 1.165) is 22.8 Å². The lowest BCUT2D eigenvalue weighted by Crippen LogP contribution is -2.13. The molecule has 0 aliphatic carbocycles. The zero-order valence-electron chi connectivity index (χ0n) is 19.0. The van der Waals surface area contributed by atoms with Crippen LogP contribution in [0.25, 0.3) is 22.0 Å². The van der Waals surface area contributed by atoms with E-state index in [1.807, 2.05) is 18.2 Å². The molecule has 0 radical (unpaired) electrons. The van der Waals surface area contributed by atoms with E-state index in [1.165, 1.54) is 13.2 Å². The number of primary amides is 1. The maximum Gasteiger partial charge on any atom is 0.249 e. The van der Waals surface area contributed by atoms with E-state index in [1.54, 1.807) is 30.5 Å². The van der Waals surface area contributed by atoms with Crippen LogP contribution in [0.4, 0.5) is 11.6 Å². The fourth-order valence-corrected chi connectivity index (χ4v) is 4.84. The molecule has 0 unspecified atom stereocenters. The van der Waals surface area contributed by atoms with Gasteiger partial charge in [-0.2, -0.15) is 0 Å². The Morgan fingerprint density at radius 2 is 1.97 bits per heavy atom. The molecule has 178 valence electrons. The second-order valence-electron chi connectivity index (χ2n) is 8.13. The number of nitrogens with zero attached hydrogens (tertiary/aromatic N) is 2. The van der Waals surface area contributed by atoms with Crippen LogP contribution < -0.4 is 20.5 Å². The Morgan fingerprint density at radius 3 is 2.71 bits per heavy atom. The molecule has 3 aromatic carbocycles. The van der Waals surface area contributed by atoms with Crippen LogP contribution in [0.3, 0.4) is 0 Å². The lowest BCUT2D eigenvalue weighted by molar-refractivity contribution is 0.0999. The van der Waals surface area contributed by atoms with E-state index in [4.69, 9.17) is 20.2 Å². The monoisotopic (exact) mass is 490 g/mol. The van der Waals surface area contributed by atoms with Gasteiger partial charge >= 0.3 is 0 Å². The van der Waals surface area contributed by atoms with E-state index in [2.05, 4.69) is 10.3 Å². The fourth-order valence-electron chi connectivity index (χ4n) is 4.20. The Morgan fingerprint density at radius 1 is 1.14 bits per heavy atom. The van der Waals surface area contributed by atoms with Crippen molar-refractivity contribution in [2.75, 3.05) is 25.3 Å². The normalized spacial score (nSPS) is 12.7. The number of amides is 1. The summed E-state index contributed by atoms with van der Waals surface area (Å²) < 4.78 is 35.3.